The Balaban J connectivity index is 1.83. The highest BCUT2D eigenvalue weighted by Gasteiger charge is 2.23. The summed E-state index contributed by atoms with van der Waals surface area (Å²) in [6.45, 7) is 0. The summed E-state index contributed by atoms with van der Waals surface area (Å²) < 4.78 is 0. The summed E-state index contributed by atoms with van der Waals surface area (Å²) in [7, 11) is 0. The summed E-state index contributed by atoms with van der Waals surface area (Å²) in [5.74, 6) is -1.62. The molecule has 0 fully saturated rings. The maximum absolute atomic E-state index is 12.5. The maximum Gasteiger partial charge on any atom is 0.326 e. The molecule has 2 N–H and O–H groups in total. The third-order valence-corrected chi connectivity index (χ3v) is 4.79. The van der Waals surface area contributed by atoms with Crippen LogP contribution in [-0.4, -0.2) is 23.0 Å². The Hall–Kier alpha value is -2.56. The Morgan fingerprint density at radius 1 is 0.923 bits per heavy atom. The van der Waals surface area contributed by atoms with Gasteiger partial charge in [0.15, 0.2) is 0 Å². The molecule has 4 nitrogen and oxygen atoms in total. The highest BCUT2D eigenvalue weighted by atomic mass is 35.5. The van der Waals surface area contributed by atoms with E-state index in [1.165, 1.54) is 0 Å². The fraction of sp³-hybridized carbons (Fsp3) is 0.100. The third kappa shape index (κ3) is 3.98. The second kappa shape index (κ2) is 7.77. The molecular formula is C20H15Cl2NO3. The maximum atomic E-state index is 12.5. The number of carbonyl (C=O) groups excluding carboxylic acids is 1. The lowest BCUT2D eigenvalue weighted by Gasteiger charge is -2.16. The van der Waals surface area contributed by atoms with Crippen molar-refractivity contribution >= 4 is 45.9 Å². The largest absolute Gasteiger partial charge is 0.480 e. The van der Waals surface area contributed by atoms with E-state index < -0.39 is 17.9 Å². The summed E-state index contributed by atoms with van der Waals surface area (Å²) in [4.78, 5) is 24.1. The van der Waals surface area contributed by atoms with Gasteiger partial charge in [0.2, 0.25) is 0 Å². The third-order valence-electron chi connectivity index (χ3n) is 4.09. The van der Waals surface area contributed by atoms with E-state index in [0.29, 0.717) is 21.2 Å². The van der Waals surface area contributed by atoms with Crippen LogP contribution in [0.3, 0.4) is 0 Å². The van der Waals surface area contributed by atoms with E-state index in [9.17, 15) is 14.7 Å². The number of rotatable bonds is 5. The van der Waals surface area contributed by atoms with Gasteiger partial charge in [-0.05, 0) is 40.6 Å². The number of carboxylic acid groups (broad SMARTS) is 1. The molecule has 132 valence electrons. The Morgan fingerprint density at radius 3 is 2.23 bits per heavy atom. The minimum absolute atomic E-state index is 0.00678. The molecule has 3 aromatic rings. The molecule has 1 atom stereocenters. The predicted molar refractivity (Wildman–Crippen MR) is 103 cm³/mol. The molecule has 1 amide bonds. The standard InChI is InChI=1S/C20H15Cl2NO3/c21-16-6-3-7-17(22)15(16)11-18(20(25)26)23-19(24)14-9-8-12-4-1-2-5-13(12)10-14/h1-10,18H,11H2,(H,23,24)(H,25,26)/t18-/m0/s1. The summed E-state index contributed by atoms with van der Waals surface area (Å²) >= 11 is 12.2. The molecule has 0 bridgehead atoms. The van der Waals surface area contributed by atoms with E-state index >= 15 is 0 Å². The van der Waals surface area contributed by atoms with Crippen LogP contribution in [0.2, 0.25) is 10.0 Å². The lowest BCUT2D eigenvalue weighted by molar-refractivity contribution is -0.139. The van der Waals surface area contributed by atoms with Crippen LogP contribution < -0.4 is 5.32 Å². The first-order valence-corrected chi connectivity index (χ1v) is 8.66. The molecule has 6 heteroatoms. The minimum atomic E-state index is -1.16. The van der Waals surface area contributed by atoms with E-state index in [2.05, 4.69) is 5.32 Å². The topological polar surface area (TPSA) is 66.4 Å². The average molecular weight is 388 g/mol. The summed E-state index contributed by atoms with van der Waals surface area (Å²) in [5, 5.41) is 14.7. The second-order valence-corrected chi connectivity index (χ2v) is 6.64. The highest BCUT2D eigenvalue weighted by molar-refractivity contribution is 6.36. The number of hydrogen-bond acceptors (Lipinski definition) is 2. The van der Waals surface area contributed by atoms with E-state index in [1.807, 2.05) is 30.3 Å². The minimum Gasteiger partial charge on any atom is -0.480 e. The molecule has 3 aromatic carbocycles. The van der Waals surface area contributed by atoms with Crippen LogP contribution in [0.1, 0.15) is 15.9 Å². The van der Waals surface area contributed by atoms with Crippen molar-refractivity contribution in [2.24, 2.45) is 0 Å². The molecule has 0 aromatic heterocycles. The first-order chi connectivity index (χ1) is 12.5. The van der Waals surface area contributed by atoms with Crippen molar-refractivity contribution in [3.63, 3.8) is 0 Å². The number of hydrogen-bond donors (Lipinski definition) is 2. The van der Waals surface area contributed by atoms with E-state index in [4.69, 9.17) is 23.2 Å². The zero-order valence-corrected chi connectivity index (χ0v) is 15.1. The number of carbonyl (C=O) groups is 2. The van der Waals surface area contributed by atoms with Crippen LogP contribution in [0.25, 0.3) is 10.8 Å². The molecule has 0 unspecified atom stereocenters. The van der Waals surface area contributed by atoms with Gasteiger partial charge in [0.25, 0.3) is 5.91 Å². The van der Waals surface area contributed by atoms with Gasteiger partial charge in [-0.25, -0.2) is 4.79 Å². The summed E-state index contributed by atoms with van der Waals surface area (Å²) in [6.07, 6.45) is -0.00678. The van der Waals surface area contributed by atoms with Crippen LogP contribution in [0.5, 0.6) is 0 Å². The van der Waals surface area contributed by atoms with Crippen LogP contribution in [0, 0.1) is 0 Å². The second-order valence-electron chi connectivity index (χ2n) is 5.83. The molecular weight excluding hydrogens is 373 g/mol. The van der Waals surface area contributed by atoms with Crippen LogP contribution in [0.15, 0.2) is 60.7 Å². The fourth-order valence-electron chi connectivity index (χ4n) is 2.70. The first kappa shape index (κ1) is 18.2. The molecule has 0 aliphatic rings. The van der Waals surface area contributed by atoms with Gasteiger partial charge in [-0.2, -0.15) is 0 Å². The van der Waals surface area contributed by atoms with Gasteiger partial charge in [0.05, 0.1) is 0 Å². The van der Waals surface area contributed by atoms with E-state index in [1.54, 1.807) is 30.3 Å². The van der Waals surface area contributed by atoms with Crippen LogP contribution in [0.4, 0.5) is 0 Å². The Kier molecular flexibility index (Phi) is 5.45. The normalized spacial score (nSPS) is 11.9. The number of amides is 1. The van der Waals surface area contributed by atoms with Gasteiger partial charge in [0.1, 0.15) is 6.04 Å². The number of benzene rings is 3. The summed E-state index contributed by atoms with van der Waals surface area (Å²) in [6, 6.07) is 16.6. The quantitative estimate of drug-likeness (QED) is 0.673. The summed E-state index contributed by atoms with van der Waals surface area (Å²) in [5.41, 5.74) is 0.877. The van der Waals surface area contributed by atoms with Crippen molar-refractivity contribution < 1.29 is 14.7 Å². The Morgan fingerprint density at radius 2 is 1.58 bits per heavy atom. The van der Waals surface area contributed by atoms with E-state index in [0.717, 1.165) is 10.8 Å². The average Bonchev–Trinajstić information content (AvgIpc) is 2.63. The van der Waals surface area contributed by atoms with Crippen molar-refractivity contribution in [1.82, 2.24) is 5.32 Å². The van der Waals surface area contributed by atoms with Gasteiger partial charge in [-0.1, -0.05) is 59.6 Å². The van der Waals surface area contributed by atoms with Crippen molar-refractivity contribution in [1.29, 1.82) is 0 Å². The van der Waals surface area contributed by atoms with Crippen molar-refractivity contribution in [3.8, 4) is 0 Å². The highest BCUT2D eigenvalue weighted by Crippen LogP contribution is 2.25. The molecule has 0 saturated carbocycles. The number of fused-ring (bicyclic) bond motifs is 1. The number of carboxylic acids is 1. The lowest BCUT2D eigenvalue weighted by Crippen LogP contribution is -2.42. The zero-order valence-electron chi connectivity index (χ0n) is 13.6. The molecule has 0 radical (unpaired) electrons. The molecule has 0 heterocycles. The van der Waals surface area contributed by atoms with Crippen molar-refractivity contribution in [2.75, 3.05) is 0 Å². The Labute approximate surface area is 160 Å². The number of halogens is 2. The Bertz CT molecular complexity index is 967. The molecule has 26 heavy (non-hydrogen) atoms. The molecule has 3 rings (SSSR count). The molecule has 0 saturated heterocycles. The molecule has 0 spiro atoms. The molecule has 0 aliphatic heterocycles. The van der Waals surface area contributed by atoms with Crippen LogP contribution >= 0.6 is 23.2 Å². The van der Waals surface area contributed by atoms with Gasteiger partial charge in [-0.3, -0.25) is 4.79 Å². The number of aliphatic carboxylic acids is 1. The fourth-order valence-corrected chi connectivity index (χ4v) is 3.26. The van der Waals surface area contributed by atoms with Crippen molar-refractivity contribution in [3.05, 3.63) is 81.8 Å². The zero-order chi connectivity index (χ0) is 18.7. The van der Waals surface area contributed by atoms with Gasteiger partial charge in [-0.15, -0.1) is 0 Å². The predicted octanol–water partition coefficient (Wildman–Crippen LogP) is 4.57. The smallest absolute Gasteiger partial charge is 0.326 e. The van der Waals surface area contributed by atoms with Crippen LogP contribution in [-0.2, 0) is 11.2 Å². The number of nitrogens with one attached hydrogen (secondary N) is 1. The van der Waals surface area contributed by atoms with Gasteiger partial charge < -0.3 is 10.4 Å². The SMILES string of the molecule is O=C(N[C@@H](Cc1c(Cl)cccc1Cl)C(=O)O)c1ccc2ccccc2c1. The monoisotopic (exact) mass is 387 g/mol. The van der Waals surface area contributed by atoms with Gasteiger partial charge >= 0.3 is 5.97 Å². The molecule has 0 aliphatic carbocycles. The van der Waals surface area contributed by atoms with Crippen molar-refractivity contribution in [2.45, 2.75) is 12.5 Å². The first-order valence-electron chi connectivity index (χ1n) is 7.91. The van der Waals surface area contributed by atoms with Gasteiger partial charge in [0, 0.05) is 22.0 Å². The lowest BCUT2D eigenvalue weighted by atomic mass is 10.0. The van der Waals surface area contributed by atoms with E-state index in [-0.39, 0.29) is 6.42 Å².